The topological polar surface area (TPSA) is 63.2 Å². The van der Waals surface area contributed by atoms with Crippen molar-refractivity contribution < 1.29 is 9.59 Å². The molecular formula is C14H11N3O2. The summed E-state index contributed by atoms with van der Waals surface area (Å²) in [6, 6.07) is 7.70. The molecule has 5 nitrogen and oxygen atoms in total. The Kier molecular flexibility index (Phi) is 2.59. The lowest BCUT2D eigenvalue weighted by atomic mass is 10.1. The van der Waals surface area contributed by atoms with Gasteiger partial charge < -0.3 is 0 Å². The molecule has 3 rings (SSSR count). The Morgan fingerprint density at radius 2 is 1.47 bits per heavy atom. The second-order valence-electron chi connectivity index (χ2n) is 4.44. The Morgan fingerprint density at radius 1 is 0.947 bits per heavy atom. The lowest BCUT2D eigenvalue weighted by Gasteiger charge is -2.13. The molecule has 0 N–H and O–H groups in total. The molecule has 0 spiro atoms. The summed E-state index contributed by atoms with van der Waals surface area (Å²) in [5, 5.41) is 0. The van der Waals surface area contributed by atoms with Crippen LogP contribution >= 0.6 is 0 Å². The van der Waals surface area contributed by atoms with Gasteiger partial charge in [0.25, 0.3) is 11.8 Å². The third-order valence-electron chi connectivity index (χ3n) is 3.05. The van der Waals surface area contributed by atoms with Crippen molar-refractivity contribution in [2.45, 2.75) is 13.5 Å². The summed E-state index contributed by atoms with van der Waals surface area (Å²) in [7, 11) is 0. The SMILES string of the molecule is Cc1ccc(CN2C(=O)c3nccnc3C2=O)cc1. The number of carbonyl (C=O) groups excluding carboxylic acids is 2. The maximum atomic E-state index is 12.1. The van der Waals surface area contributed by atoms with Crippen molar-refractivity contribution in [2.24, 2.45) is 0 Å². The van der Waals surface area contributed by atoms with Crippen LogP contribution in [-0.4, -0.2) is 26.7 Å². The molecule has 0 atom stereocenters. The van der Waals surface area contributed by atoms with Gasteiger partial charge in [0, 0.05) is 12.4 Å². The van der Waals surface area contributed by atoms with Gasteiger partial charge in [0.05, 0.1) is 6.54 Å². The van der Waals surface area contributed by atoms with E-state index in [2.05, 4.69) is 9.97 Å². The van der Waals surface area contributed by atoms with Gasteiger partial charge in [-0.2, -0.15) is 0 Å². The first-order valence-corrected chi connectivity index (χ1v) is 5.89. The van der Waals surface area contributed by atoms with Gasteiger partial charge in [-0.25, -0.2) is 9.97 Å². The number of benzene rings is 1. The second kappa shape index (κ2) is 4.28. The molecule has 94 valence electrons. The van der Waals surface area contributed by atoms with Crippen molar-refractivity contribution in [3.05, 3.63) is 59.2 Å². The van der Waals surface area contributed by atoms with E-state index in [-0.39, 0.29) is 29.7 Å². The van der Waals surface area contributed by atoms with Crippen LogP contribution < -0.4 is 0 Å². The van der Waals surface area contributed by atoms with Crippen LogP contribution in [-0.2, 0) is 6.54 Å². The van der Waals surface area contributed by atoms with Crippen molar-refractivity contribution in [3.63, 3.8) is 0 Å². The Morgan fingerprint density at radius 3 is 2.00 bits per heavy atom. The molecule has 1 aromatic heterocycles. The zero-order valence-corrected chi connectivity index (χ0v) is 10.3. The molecule has 2 heterocycles. The Bertz CT molecular complexity index is 630. The molecule has 0 saturated carbocycles. The lowest BCUT2D eigenvalue weighted by molar-refractivity contribution is 0.0638. The van der Waals surface area contributed by atoms with Crippen LogP contribution in [0, 0.1) is 6.92 Å². The van der Waals surface area contributed by atoms with Gasteiger partial charge >= 0.3 is 0 Å². The van der Waals surface area contributed by atoms with Crippen LogP contribution in [0.25, 0.3) is 0 Å². The van der Waals surface area contributed by atoms with Gasteiger partial charge in [0.1, 0.15) is 0 Å². The van der Waals surface area contributed by atoms with E-state index in [1.807, 2.05) is 31.2 Å². The monoisotopic (exact) mass is 253 g/mol. The van der Waals surface area contributed by atoms with Crippen LogP contribution in [0.15, 0.2) is 36.7 Å². The van der Waals surface area contributed by atoms with Gasteiger partial charge in [-0.15, -0.1) is 0 Å². The number of fused-ring (bicyclic) bond motifs is 1. The van der Waals surface area contributed by atoms with Crippen molar-refractivity contribution in [1.29, 1.82) is 0 Å². The minimum atomic E-state index is -0.381. The molecule has 5 heteroatoms. The number of aryl methyl sites for hydroxylation is 1. The number of carbonyl (C=O) groups is 2. The Balaban J connectivity index is 1.90. The second-order valence-corrected chi connectivity index (χ2v) is 4.44. The Hall–Kier alpha value is -2.56. The van der Waals surface area contributed by atoms with Gasteiger partial charge in [-0.3, -0.25) is 14.5 Å². The lowest BCUT2D eigenvalue weighted by Crippen LogP contribution is -2.29. The van der Waals surface area contributed by atoms with Gasteiger partial charge in [-0.1, -0.05) is 29.8 Å². The predicted octanol–water partition coefficient (Wildman–Crippen LogP) is 1.58. The van der Waals surface area contributed by atoms with Crippen LogP contribution in [0.2, 0.25) is 0 Å². The van der Waals surface area contributed by atoms with Crippen molar-refractivity contribution in [1.82, 2.24) is 14.9 Å². The quantitative estimate of drug-likeness (QED) is 0.762. The first-order chi connectivity index (χ1) is 9.16. The number of hydrogen-bond acceptors (Lipinski definition) is 4. The summed E-state index contributed by atoms with van der Waals surface area (Å²) in [6.07, 6.45) is 2.83. The van der Waals surface area contributed by atoms with E-state index in [4.69, 9.17) is 0 Å². The summed E-state index contributed by atoms with van der Waals surface area (Å²) < 4.78 is 0. The molecule has 0 radical (unpaired) electrons. The average molecular weight is 253 g/mol. The van der Waals surface area contributed by atoms with E-state index in [9.17, 15) is 9.59 Å². The molecule has 1 aromatic carbocycles. The minimum absolute atomic E-state index is 0.139. The van der Waals surface area contributed by atoms with Crippen molar-refractivity contribution >= 4 is 11.8 Å². The predicted molar refractivity (Wildman–Crippen MR) is 67.4 cm³/mol. The third-order valence-corrected chi connectivity index (χ3v) is 3.05. The van der Waals surface area contributed by atoms with Crippen LogP contribution in [0.3, 0.4) is 0 Å². The number of hydrogen-bond donors (Lipinski definition) is 0. The molecule has 0 bridgehead atoms. The fourth-order valence-corrected chi connectivity index (χ4v) is 2.02. The molecule has 0 saturated heterocycles. The van der Waals surface area contributed by atoms with Crippen LogP contribution in [0.5, 0.6) is 0 Å². The van der Waals surface area contributed by atoms with E-state index in [0.29, 0.717) is 0 Å². The normalized spacial score (nSPS) is 13.8. The number of aromatic nitrogens is 2. The van der Waals surface area contributed by atoms with Crippen molar-refractivity contribution in [2.75, 3.05) is 0 Å². The number of rotatable bonds is 2. The molecule has 0 unspecified atom stereocenters. The smallest absolute Gasteiger partial charge is 0.267 e. The molecule has 19 heavy (non-hydrogen) atoms. The summed E-state index contributed by atoms with van der Waals surface area (Å²) in [6.45, 7) is 2.23. The third kappa shape index (κ3) is 1.89. The Labute approximate surface area is 109 Å². The molecule has 0 aliphatic carbocycles. The first kappa shape index (κ1) is 11.5. The summed E-state index contributed by atoms with van der Waals surface area (Å²) in [5.41, 5.74) is 2.31. The minimum Gasteiger partial charge on any atom is -0.267 e. The fourth-order valence-electron chi connectivity index (χ4n) is 2.02. The molecule has 2 amide bonds. The average Bonchev–Trinajstić information content (AvgIpc) is 2.67. The zero-order valence-electron chi connectivity index (χ0n) is 10.3. The summed E-state index contributed by atoms with van der Waals surface area (Å²) in [4.78, 5) is 33.2. The number of amides is 2. The highest BCUT2D eigenvalue weighted by atomic mass is 16.2. The highest BCUT2D eigenvalue weighted by Gasteiger charge is 2.37. The van der Waals surface area contributed by atoms with Gasteiger partial charge in [-0.05, 0) is 12.5 Å². The van der Waals surface area contributed by atoms with E-state index >= 15 is 0 Å². The highest BCUT2D eigenvalue weighted by Crippen LogP contribution is 2.20. The first-order valence-electron chi connectivity index (χ1n) is 5.89. The van der Waals surface area contributed by atoms with E-state index in [0.717, 1.165) is 11.1 Å². The van der Waals surface area contributed by atoms with Crippen molar-refractivity contribution in [3.8, 4) is 0 Å². The van der Waals surface area contributed by atoms with Gasteiger partial charge in [0.15, 0.2) is 11.4 Å². The number of imide groups is 1. The van der Waals surface area contributed by atoms with Gasteiger partial charge in [0.2, 0.25) is 0 Å². The molecular weight excluding hydrogens is 242 g/mol. The van der Waals surface area contributed by atoms with Crippen LogP contribution in [0.4, 0.5) is 0 Å². The standard InChI is InChI=1S/C14H11N3O2/c1-9-2-4-10(5-3-9)8-17-13(18)11-12(14(17)19)16-7-6-15-11/h2-7H,8H2,1H3. The molecule has 2 aromatic rings. The number of nitrogens with zero attached hydrogens (tertiary/aromatic N) is 3. The summed E-state index contributed by atoms with van der Waals surface area (Å²) >= 11 is 0. The van der Waals surface area contributed by atoms with E-state index in [1.54, 1.807) is 0 Å². The molecule has 1 aliphatic rings. The maximum absolute atomic E-state index is 12.1. The van der Waals surface area contributed by atoms with E-state index in [1.165, 1.54) is 17.3 Å². The van der Waals surface area contributed by atoms with Crippen LogP contribution in [0.1, 0.15) is 32.1 Å². The largest absolute Gasteiger partial charge is 0.282 e. The molecule has 1 aliphatic heterocycles. The fraction of sp³-hybridized carbons (Fsp3) is 0.143. The zero-order chi connectivity index (χ0) is 13.4. The van der Waals surface area contributed by atoms with E-state index < -0.39 is 0 Å². The summed E-state index contributed by atoms with van der Waals surface area (Å²) in [5.74, 6) is -0.762. The maximum Gasteiger partial charge on any atom is 0.282 e. The molecule has 0 fully saturated rings. The highest BCUT2D eigenvalue weighted by molar-refractivity contribution is 6.19.